The van der Waals surface area contributed by atoms with Crippen LogP contribution in [0.4, 0.5) is 4.39 Å². The fourth-order valence-corrected chi connectivity index (χ4v) is 2.80. The fraction of sp³-hybridized carbons (Fsp3) is 0.533. The molecule has 2 fully saturated rings. The van der Waals surface area contributed by atoms with Crippen LogP contribution in [0.1, 0.15) is 11.6 Å². The van der Waals surface area contributed by atoms with Crippen molar-refractivity contribution < 1.29 is 18.7 Å². The van der Waals surface area contributed by atoms with E-state index in [9.17, 15) is 9.18 Å². The maximum Gasteiger partial charge on any atom is 0.254 e. The van der Waals surface area contributed by atoms with Crippen molar-refractivity contribution in [3.63, 3.8) is 0 Å². The molecule has 2 saturated heterocycles. The molecular weight excluding hydrogens is 311 g/mol. The molecule has 0 aliphatic carbocycles. The highest BCUT2D eigenvalue weighted by Crippen LogP contribution is 2.24. The van der Waals surface area contributed by atoms with Crippen molar-refractivity contribution >= 4 is 18.3 Å². The third kappa shape index (κ3) is 3.76. The minimum atomic E-state index is -0.548. The van der Waals surface area contributed by atoms with Gasteiger partial charge in [0.25, 0.3) is 5.91 Å². The van der Waals surface area contributed by atoms with Gasteiger partial charge in [-0.1, -0.05) is 12.1 Å². The molecule has 1 N–H and O–H groups in total. The van der Waals surface area contributed by atoms with Crippen LogP contribution in [0.15, 0.2) is 24.3 Å². The van der Waals surface area contributed by atoms with E-state index in [1.807, 2.05) is 6.07 Å². The Morgan fingerprint density at radius 3 is 2.95 bits per heavy atom. The average molecular weight is 331 g/mol. The molecule has 122 valence electrons. The second-order valence-corrected chi connectivity index (χ2v) is 5.24. The Labute approximate surface area is 135 Å². The zero-order valence-corrected chi connectivity index (χ0v) is 13.0. The lowest BCUT2D eigenvalue weighted by Gasteiger charge is -2.39. The molecule has 2 atom stereocenters. The Hall–Kier alpha value is -1.21. The summed E-state index contributed by atoms with van der Waals surface area (Å²) in [6.07, 6.45) is -0.548. The molecule has 0 saturated carbocycles. The van der Waals surface area contributed by atoms with E-state index in [2.05, 4.69) is 5.32 Å². The highest BCUT2D eigenvalue weighted by molar-refractivity contribution is 5.85. The normalized spacial score (nSPS) is 25.4. The lowest BCUT2D eigenvalue weighted by atomic mass is 10.0. The minimum Gasteiger partial charge on any atom is -0.376 e. The average Bonchev–Trinajstić information content (AvgIpc) is 2.55. The van der Waals surface area contributed by atoms with Crippen LogP contribution in [0.2, 0.25) is 0 Å². The van der Waals surface area contributed by atoms with Gasteiger partial charge in [0, 0.05) is 19.6 Å². The van der Waals surface area contributed by atoms with Crippen molar-refractivity contribution in [2.45, 2.75) is 12.1 Å². The van der Waals surface area contributed by atoms with Crippen LogP contribution in [0.5, 0.6) is 0 Å². The van der Waals surface area contributed by atoms with Crippen LogP contribution in [0, 0.1) is 5.82 Å². The molecule has 5 nitrogen and oxygen atoms in total. The van der Waals surface area contributed by atoms with E-state index in [-0.39, 0.29) is 30.2 Å². The number of ether oxygens (including phenoxy) is 2. The number of nitrogens with zero attached hydrogens (tertiary/aromatic N) is 1. The molecule has 2 aliphatic rings. The van der Waals surface area contributed by atoms with Gasteiger partial charge < -0.3 is 19.7 Å². The number of carbonyl (C=O) groups is 1. The lowest BCUT2D eigenvalue weighted by Crippen LogP contribution is -2.53. The standard InChI is InChI=1S/C15H19FN2O3.ClH/c16-12-3-1-2-11(8-12)13-9-17-4-5-18(13)15(19)14-10-20-6-7-21-14;/h1-3,8,13-14,17H,4-7,9-10H2;1H. The van der Waals surface area contributed by atoms with Crippen molar-refractivity contribution in [3.8, 4) is 0 Å². The van der Waals surface area contributed by atoms with Gasteiger partial charge in [0.15, 0.2) is 6.10 Å². The summed E-state index contributed by atoms with van der Waals surface area (Å²) >= 11 is 0. The molecule has 0 spiro atoms. The SMILES string of the molecule is Cl.O=C(C1COCCO1)N1CCNCC1c1cccc(F)c1. The van der Waals surface area contributed by atoms with Crippen LogP contribution in [0.25, 0.3) is 0 Å². The third-order valence-corrected chi connectivity index (χ3v) is 3.85. The monoisotopic (exact) mass is 330 g/mol. The molecule has 1 aromatic rings. The quantitative estimate of drug-likeness (QED) is 0.883. The van der Waals surface area contributed by atoms with Crippen LogP contribution < -0.4 is 5.32 Å². The van der Waals surface area contributed by atoms with Gasteiger partial charge in [0.1, 0.15) is 5.82 Å². The number of halogens is 2. The predicted molar refractivity (Wildman–Crippen MR) is 81.5 cm³/mol. The molecule has 2 unspecified atom stereocenters. The molecule has 1 amide bonds. The fourth-order valence-electron chi connectivity index (χ4n) is 2.80. The Morgan fingerprint density at radius 1 is 1.36 bits per heavy atom. The lowest BCUT2D eigenvalue weighted by molar-refractivity contribution is -0.161. The first-order chi connectivity index (χ1) is 10.3. The third-order valence-electron chi connectivity index (χ3n) is 3.85. The number of benzene rings is 1. The molecule has 0 aromatic heterocycles. The maximum atomic E-state index is 13.4. The number of carbonyl (C=O) groups excluding carboxylic acids is 1. The molecule has 7 heteroatoms. The summed E-state index contributed by atoms with van der Waals surface area (Å²) in [6, 6.07) is 6.23. The molecular formula is C15H20ClFN2O3. The van der Waals surface area contributed by atoms with Crippen LogP contribution in [-0.2, 0) is 14.3 Å². The van der Waals surface area contributed by atoms with E-state index in [0.717, 1.165) is 12.1 Å². The molecule has 1 aromatic carbocycles. The van der Waals surface area contributed by atoms with E-state index in [1.54, 1.807) is 11.0 Å². The summed E-state index contributed by atoms with van der Waals surface area (Å²) in [5, 5.41) is 3.25. The van der Waals surface area contributed by atoms with Gasteiger partial charge in [-0.2, -0.15) is 0 Å². The van der Waals surface area contributed by atoms with Crippen LogP contribution in [0.3, 0.4) is 0 Å². The van der Waals surface area contributed by atoms with Crippen molar-refractivity contribution in [3.05, 3.63) is 35.6 Å². The Kier molecular flexibility index (Phi) is 6.14. The van der Waals surface area contributed by atoms with E-state index in [4.69, 9.17) is 9.47 Å². The largest absolute Gasteiger partial charge is 0.376 e. The minimum absolute atomic E-state index is 0. The molecule has 2 heterocycles. The van der Waals surface area contributed by atoms with Gasteiger partial charge in [0.05, 0.1) is 25.9 Å². The van der Waals surface area contributed by atoms with Gasteiger partial charge >= 0.3 is 0 Å². The molecule has 0 radical (unpaired) electrons. The second kappa shape index (κ2) is 7.87. The summed E-state index contributed by atoms with van der Waals surface area (Å²) < 4.78 is 24.2. The first kappa shape index (κ1) is 17.1. The molecule has 0 bridgehead atoms. The second-order valence-electron chi connectivity index (χ2n) is 5.24. The van der Waals surface area contributed by atoms with Crippen molar-refractivity contribution in [1.82, 2.24) is 10.2 Å². The van der Waals surface area contributed by atoms with Gasteiger partial charge in [-0.05, 0) is 17.7 Å². The van der Waals surface area contributed by atoms with Crippen LogP contribution >= 0.6 is 12.4 Å². The first-order valence-corrected chi connectivity index (χ1v) is 7.22. The molecule has 22 heavy (non-hydrogen) atoms. The summed E-state index contributed by atoms with van der Waals surface area (Å²) in [4.78, 5) is 14.4. The molecule has 3 rings (SSSR count). The highest BCUT2D eigenvalue weighted by Gasteiger charge is 2.34. The number of rotatable bonds is 2. The van der Waals surface area contributed by atoms with Crippen molar-refractivity contribution in [2.75, 3.05) is 39.5 Å². The van der Waals surface area contributed by atoms with Crippen LogP contribution in [-0.4, -0.2) is 56.4 Å². The number of amides is 1. The zero-order valence-electron chi connectivity index (χ0n) is 12.2. The van der Waals surface area contributed by atoms with E-state index in [1.165, 1.54) is 12.1 Å². The van der Waals surface area contributed by atoms with E-state index < -0.39 is 6.10 Å². The molecule has 2 aliphatic heterocycles. The van der Waals surface area contributed by atoms with Gasteiger partial charge in [-0.3, -0.25) is 4.79 Å². The first-order valence-electron chi connectivity index (χ1n) is 7.22. The highest BCUT2D eigenvalue weighted by atomic mass is 35.5. The topological polar surface area (TPSA) is 50.8 Å². The number of piperazine rings is 1. The van der Waals surface area contributed by atoms with E-state index in [0.29, 0.717) is 32.9 Å². The Morgan fingerprint density at radius 2 is 2.23 bits per heavy atom. The summed E-state index contributed by atoms with van der Waals surface area (Å²) in [5.41, 5.74) is 0.798. The van der Waals surface area contributed by atoms with Gasteiger partial charge in [-0.15, -0.1) is 12.4 Å². The maximum absolute atomic E-state index is 13.4. The van der Waals surface area contributed by atoms with Crippen molar-refractivity contribution in [2.24, 2.45) is 0 Å². The summed E-state index contributed by atoms with van der Waals surface area (Å²) in [5.74, 6) is -0.367. The Balaban J connectivity index is 0.00000176. The Bertz CT molecular complexity index is 511. The summed E-state index contributed by atoms with van der Waals surface area (Å²) in [6.45, 7) is 3.18. The summed E-state index contributed by atoms with van der Waals surface area (Å²) in [7, 11) is 0. The van der Waals surface area contributed by atoms with E-state index >= 15 is 0 Å². The number of hydrogen-bond acceptors (Lipinski definition) is 4. The smallest absolute Gasteiger partial charge is 0.254 e. The predicted octanol–water partition coefficient (Wildman–Crippen LogP) is 1.14. The van der Waals surface area contributed by atoms with Gasteiger partial charge in [-0.25, -0.2) is 4.39 Å². The van der Waals surface area contributed by atoms with Gasteiger partial charge in [0.2, 0.25) is 0 Å². The number of hydrogen-bond donors (Lipinski definition) is 1. The zero-order chi connectivity index (χ0) is 14.7. The number of nitrogens with one attached hydrogen (secondary N) is 1. The van der Waals surface area contributed by atoms with Crippen molar-refractivity contribution in [1.29, 1.82) is 0 Å².